The predicted octanol–water partition coefficient (Wildman–Crippen LogP) is 5.11. The number of amides is 1. The first-order valence-electron chi connectivity index (χ1n) is 10.9. The average Bonchev–Trinajstić information content (AvgIpc) is 3.14. The van der Waals surface area contributed by atoms with Gasteiger partial charge in [-0.3, -0.25) is 9.78 Å². The van der Waals surface area contributed by atoms with Gasteiger partial charge in [0.1, 0.15) is 0 Å². The van der Waals surface area contributed by atoms with Crippen molar-refractivity contribution in [3.63, 3.8) is 0 Å². The molecule has 1 amide bonds. The molecule has 1 aromatic carbocycles. The fourth-order valence-corrected chi connectivity index (χ4v) is 4.97. The summed E-state index contributed by atoms with van der Waals surface area (Å²) in [5.74, 6) is -0.104. The number of pyridine rings is 1. The summed E-state index contributed by atoms with van der Waals surface area (Å²) in [6.07, 6.45) is 13.5. The molecule has 2 aliphatic rings. The summed E-state index contributed by atoms with van der Waals surface area (Å²) in [7, 11) is 0. The van der Waals surface area contributed by atoms with Crippen molar-refractivity contribution in [1.29, 1.82) is 0 Å². The summed E-state index contributed by atoms with van der Waals surface area (Å²) < 4.78 is 0. The summed E-state index contributed by atoms with van der Waals surface area (Å²) in [5.41, 5.74) is 5.39. The summed E-state index contributed by atoms with van der Waals surface area (Å²) in [4.78, 5) is 20.2. The molecule has 2 aromatic heterocycles. The maximum absolute atomic E-state index is 12.5. The van der Waals surface area contributed by atoms with Crippen LogP contribution in [-0.2, 0) is 6.42 Å². The number of aryl methyl sites for hydroxylation is 1. The monoisotopic (exact) mass is 388 g/mol. The normalized spacial score (nSPS) is 19.8. The van der Waals surface area contributed by atoms with Gasteiger partial charge in [0.25, 0.3) is 5.91 Å². The van der Waals surface area contributed by atoms with E-state index in [0.717, 1.165) is 17.6 Å². The number of carbonyl (C=O) groups is 1. The van der Waals surface area contributed by atoms with E-state index in [0.29, 0.717) is 17.6 Å². The van der Waals surface area contributed by atoms with E-state index < -0.39 is 0 Å². The minimum atomic E-state index is -0.104. The Kier molecular flexibility index (Phi) is 5.06. The van der Waals surface area contributed by atoms with Gasteiger partial charge in [-0.1, -0.05) is 19.3 Å². The van der Waals surface area contributed by atoms with Crippen LogP contribution in [0.25, 0.3) is 10.9 Å². The van der Waals surface area contributed by atoms with Crippen molar-refractivity contribution in [3.8, 4) is 0 Å². The van der Waals surface area contributed by atoms with Crippen molar-refractivity contribution in [1.82, 2.24) is 15.3 Å². The lowest BCUT2D eigenvalue weighted by Crippen LogP contribution is -2.36. The Bertz CT molecular complexity index is 1000. The zero-order valence-corrected chi connectivity index (χ0v) is 16.7. The molecular weight excluding hydrogens is 360 g/mol. The van der Waals surface area contributed by atoms with Crippen molar-refractivity contribution < 1.29 is 4.79 Å². The van der Waals surface area contributed by atoms with Crippen LogP contribution < -0.4 is 10.6 Å². The number of hydrogen-bond acceptors (Lipinski definition) is 3. The summed E-state index contributed by atoms with van der Waals surface area (Å²) in [5, 5.41) is 8.20. The first-order valence-corrected chi connectivity index (χ1v) is 10.9. The number of aromatic nitrogens is 2. The van der Waals surface area contributed by atoms with Gasteiger partial charge in [-0.2, -0.15) is 0 Å². The van der Waals surface area contributed by atoms with E-state index in [1.165, 1.54) is 61.6 Å². The second-order valence-corrected chi connectivity index (χ2v) is 8.41. The molecule has 1 atom stereocenters. The third-order valence-corrected chi connectivity index (χ3v) is 6.45. The van der Waals surface area contributed by atoms with Crippen LogP contribution >= 0.6 is 0 Å². The van der Waals surface area contributed by atoms with Crippen molar-refractivity contribution in [3.05, 3.63) is 59.5 Å². The Hall–Kier alpha value is -2.66. The first-order chi connectivity index (χ1) is 14.3. The predicted molar refractivity (Wildman–Crippen MR) is 116 cm³/mol. The van der Waals surface area contributed by atoms with Gasteiger partial charge in [0.2, 0.25) is 0 Å². The molecule has 3 N–H and O–H groups in total. The third kappa shape index (κ3) is 3.79. The maximum Gasteiger partial charge on any atom is 0.255 e. The van der Waals surface area contributed by atoms with Gasteiger partial charge in [0.05, 0.1) is 0 Å². The lowest BCUT2D eigenvalue weighted by molar-refractivity contribution is 0.102. The molecule has 0 saturated heterocycles. The third-order valence-electron chi connectivity index (χ3n) is 6.45. The van der Waals surface area contributed by atoms with Crippen LogP contribution in [0.5, 0.6) is 0 Å². The number of carbonyl (C=O) groups excluding carboxylic acids is 1. The molecule has 3 aromatic rings. The summed E-state index contributed by atoms with van der Waals surface area (Å²) >= 11 is 0. The summed E-state index contributed by atoms with van der Waals surface area (Å²) in [6.45, 7) is 0. The van der Waals surface area contributed by atoms with E-state index >= 15 is 0 Å². The smallest absolute Gasteiger partial charge is 0.255 e. The SMILES string of the molecule is O=C(Nc1ccc2[nH]c3c(c2c1)CCCC3NC1CCCCC1)c1ccncc1. The van der Waals surface area contributed by atoms with E-state index in [4.69, 9.17) is 0 Å². The van der Waals surface area contributed by atoms with Crippen LogP contribution in [0.1, 0.15) is 72.6 Å². The van der Waals surface area contributed by atoms with E-state index in [-0.39, 0.29) is 5.91 Å². The highest BCUT2D eigenvalue weighted by Crippen LogP contribution is 2.36. The van der Waals surface area contributed by atoms with E-state index in [1.54, 1.807) is 24.5 Å². The quantitative estimate of drug-likeness (QED) is 0.581. The highest BCUT2D eigenvalue weighted by molar-refractivity contribution is 6.05. The van der Waals surface area contributed by atoms with Gasteiger partial charge in [-0.15, -0.1) is 0 Å². The molecule has 1 saturated carbocycles. The van der Waals surface area contributed by atoms with Crippen molar-refractivity contribution in [2.24, 2.45) is 0 Å². The minimum Gasteiger partial charge on any atom is -0.357 e. The molecule has 0 spiro atoms. The number of aromatic amines is 1. The van der Waals surface area contributed by atoms with Gasteiger partial charge in [0.15, 0.2) is 0 Å². The fraction of sp³-hybridized carbons (Fsp3) is 0.417. The highest BCUT2D eigenvalue weighted by Gasteiger charge is 2.27. The number of nitrogens with one attached hydrogen (secondary N) is 3. The average molecular weight is 389 g/mol. The van der Waals surface area contributed by atoms with Gasteiger partial charge in [0, 0.05) is 52.3 Å². The Morgan fingerprint density at radius 3 is 2.66 bits per heavy atom. The Labute approximate surface area is 171 Å². The molecule has 1 fully saturated rings. The van der Waals surface area contributed by atoms with Gasteiger partial charge in [-0.05, 0) is 68.0 Å². The Morgan fingerprint density at radius 2 is 1.83 bits per heavy atom. The molecule has 5 rings (SSSR count). The van der Waals surface area contributed by atoms with Crippen LogP contribution in [0, 0.1) is 0 Å². The van der Waals surface area contributed by atoms with Crippen LogP contribution in [0.4, 0.5) is 5.69 Å². The molecule has 29 heavy (non-hydrogen) atoms. The molecule has 2 aliphatic carbocycles. The van der Waals surface area contributed by atoms with E-state index in [9.17, 15) is 4.79 Å². The first kappa shape index (κ1) is 18.4. The summed E-state index contributed by atoms with van der Waals surface area (Å²) in [6, 6.07) is 10.7. The van der Waals surface area contributed by atoms with Crippen molar-refractivity contribution in [2.75, 3.05) is 5.32 Å². The number of anilines is 1. The number of nitrogens with zero attached hydrogens (tertiary/aromatic N) is 1. The zero-order chi connectivity index (χ0) is 19.6. The molecule has 2 heterocycles. The lowest BCUT2D eigenvalue weighted by atomic mass is 9.89. The molecule has 5 nitrogen and oxygen atoms in total. The number of H-pyrrole nitrogens is 1. The Balaban J connectivity index is 1.39. The zero-order valence-electron chi connectivity index (χ0n) is 16.7. The Morgan fingerprint density at radius 1 is 1.00 bits per heavy atom. The molecular formula is C24H28N4O. The highest BCUT2D eigenvalue weighted by atomic mass is 16.1. The molecule has 0 radical (unpaired) electrons. The fourth-order valence-electron chi connectivity index (χ4n) is 4.97. The second kappa shape index (κ2) is 7.99. The standard InChI is InChI=1S/C24H28N4O/c29-24(16-11-13-25-14-12-16)27-18-9-10-21-20(15-18)19-7-4-8-22(23(19)28-21)26-17-5-2-1-3-6-17/h9-15,17,22,26,28H,1-8H2,(H,27,29). The molecule has 0 bridgehead atoms. The number of fused-ring (bicyclic) bond motifs is 3. The van der Waals surface area contributed by atoms with Crippen LogP contribution in [-0.4, -0.2) is 21.9 Å². The molecule has 5 heteroatoms. The van der Waals surface area contributed by atoms with E-state index in [1.807, 2.05) is 6.07 Å². The molecule has 150 valence electrons. The van der Waals surface area contributed by atoms with Crippen molar-refractivity contribution >= 4 is 22.5 Å². The van der Waals surface area contributed by atoms with Gasteiger partial charge in [-0.25, -0.2) is 0 Å². The van der Waals surface area contributed by atoms with Crippen LogP contribution in [0.2, 0.25) is 0 Å². The minimum absolute atomic E-state index is 0.104. The van der Waals surface area contributed by atoms with Crippen molar-refractivity contribution in [2.45, 2.75) is 63.5 Å². The van der Waals surface area contributed by atoms with Gasteiger partial charge < -0.3 is 15.6 Å². The number of rotatable bonds is 4. The largest absolute Gasteiger partial charge is 0.357 e. The lowest BCUT2D eigenvalue weighted by Gasteiger charge is -2.31. The van der Waals surface area contributed by atoms with Gasteiger partial charge >= 0.3 is 0 Å². The maximum atomic E-state index is 12.5. The molecule has 0 aliphatic heterocycles. The van der Waals surface area contributed by atoms with Crippen LogP contribution in [0.15, 0.2) is 42.7 Å². The van der Waals surface area contributed by atoms with E-state index in [2.05, 4.69) is 32.7 Å². The van der Waals surface area contributed by atoms with Crippen LogP contribution in [0.3, 0.4) is 0 Å². The topological polar surface area (TPSA) is 69.8 Å². The number of benzene rings is 1. The second-order valence-electron chi connectivity index (χ2n) is 8.41. The molecule has 1 unspecified atom stereocenters. The number of hydrogen-bond donors (Lipinski definition) is 3.